The van der Waals surface area contributed by atoms with Crippen LogP contribution in [0, 0.1) is 0 Å². The van der Waals surface area contributed by atoms with Crippen LogP contribution in [0.2, 0.25) is 0 Å². The summed E-state index contributed by atoms with van der Waals surface area (Å²) in [6, 6.07) is 9.37. The van der Waals surface area contributed by atoms with Crippen LogP contribution in [0.4, 0.5) is 0 Å². The Morgan fingerprint density at radius 3 is 2.60 bits per heavy atom. The molecule has 1 unspecified atom stereocenters. The monoisotopic (exact) mass is 340 g/mol. The van der Waals surface area contributed by atoms with Gasteiger partial charge in [0.15, 0.2) is 5.78 Å². The first-order chi connectivity index (χ1) is 12.0. The summed E-state index contributed by atoms with van der Waals surface area (Å²) in [7, 11) is 3.03. The van der Waals surface area contributed by atoms with Gasteiger partial charge in [0.25, 0.3) is 0 Å². The molecule has 0 aliphatic carbocycles. The molecule has 0 spiro atoms. The van der Waals surface area contributed by atoms with Crippen molar-refractivity contribution in [1.82, 2.24) is 9.88 Å². The van der Waals surface area contributed by atoms with E-state index in [0.29, 0.717) is 12.0 Å². The van der Waals surface area contributed by atoms with Crippen molar-refractivity contribution in [2.45, 2.75) is 12.5 Å². The molecular weight excluding hydrogens is 320 g/mol. The summed E-state index contributed by atoms with van der Waals surface area (Å²) in [6.45, 7) is 0. The molecule has 0 fully saturated rings. The van der Waals surface area contributed by atoms with Gasteiger partial charge in [-0.05, 0) is 29.8 Å². The minimum absolute atomic E-state index is 0.161. The van der Waals surface area contributed by atoms with Crippen molar-refractivity contribution < 1.29 is 19.4 Å². The highest BCUT2D eigenvalue weighted by atomic mass is 16.5. The van der Waals surface area contributed by atoms with E-state index >= 15 is 0 Å². The highest BCUT2D eigenvalue weighted by Gasteiger charge is 2.22. The molecule has 1 aromatic heterocycles. The van der Waals surface area contributed by atoms with E-state index in [1.807, 2.05) is 0 Å². The van der Waals surface area contributed by atoms with Gasteiger partial charge in [0.2, 0.25) is 0 Å². The molecule has 0 bridgehead atoms. The number of pyridine rings is 1. The second kappa shape index (κ2) is 8.63. The number of esters is 1. The number of methoxy groups -OCH3 is 1. The number of ether oxygens (including phenoxy) is 1. The molecule has 0 radical (unpaired) electrons. The number of phenols is 1. The predicted octanol–water partition coefficient (Wildman–Crippen LogP) is 2.20. The fourth-order valence-corrected chi connectivity index (χ4v) is 2.28. The van der Waals surface area contributed by atoms with Crippen LogP contribution in [-0.2, 0) is 16.0 Å². The van der Waals surface area contributed by atoms with Crippen LogP contribution in [0.5, 0.6) is 5.75 Å². The third kappa shape index (κ3) is 5.17. The van der Waals surface area contributed by atoms with Gasteiger partial charge in [0.05, 0.1) is 7.11 Å². The summed E-state index contributed by atoms with van der Waals surface area (Å²) in [5.74, 6) is -0.448. The maximum atomic E-state index is 12.1. The lowest BCUT2D eigenvalue weighted by atomic mass is 10.0. The minimum Gasteiger partial charge on any atom is -0.508 e. The quantitative estimate of drug-likeness (QED) is 0.473. The molecule has 25 heavy (non-hydrogen) atoms. The summed E-state index contributed by atoms with van der Waals surface area (Å²) in [5.41, 5.74) is 1.34. The number of likely N-dealkylation sites (N-methyl/N-ethyl adjacent to an activating group) is 1. The van der Waals surface area contributed by atoms with Gasteiger partial charge in [-0.2, -0.15) is 0 Å². The Morgan fingerprint density at radius 1 is 1.28 bits per heavy atom. The Balaban J connectivity index is 2.11. The summed E-state index contributed by atoms with van der Waals surface area (Å²) in [4.78, 5) is 29.7. The summed E-state index contributed by atoms with van der Waals surface area (Å²) >= 11 is 0. The summed E-state index contributed by atoms with van der Waals surface area (Å²) in [6.07, 6.45) is 6.41. The number of aromatic hydroxyl groups is 1. The van der Waals surface area contributed by atoms with Gasteiger partial charge in [-0.3, -0.25) is 9.78 Å². The van der Waals surface area contributed by atoms with Gasteiger partial charge >= 0.3 is 5.97 Å². The molecule has 0 saturated carbocycles. The smallest absolute Gasteiger partial charge is 0.328 e. The van der Waals surface area contributed by atoms with E-state index < -0.39 is 12.0 Å². The SMILES string of the molecule is COC(=O)C(Cc1ccc(O)cc1)N(C)C=CC(=O)c1cccnc1. The van der Waals surface area contributed by atoms with Crippen LogP contribution in [0.3, 0.4) is 0 Å². The van der Waals surface area contributed by atoms with Crippen LogP contribution in [0.25, 0.3) is 0 Å². The van der Waals surface area contributed by atoms with E-state index in [4.69, 9.17) is 4.74 Å². The molecule has 0 aliphatic rings. The normalized spacial score (nSPS) is 11.9. The standard InChI is InChI=1S/C19H20N2O4/c1-21(11-9-18(23)15-4-3-10-20-13-15)17(19(24)25-2)12-14-5-7-16(22)8-6-14/h3-11,13,17,22H,12H2,1-2H3. The molecule has 6 nitrogen and oxygen atoms in total. The van der Waals surface area contributed by atoms with E-state index in [2.05, 4.69) is 4.98 Å². The van der Waals surface area contributed by atoms with Crippen molar-refractivity contribution in [3.8, 4) is 5.75 Å². The summed E-state index contributed by atoms with van der Waals surface area (Å²) in [5, 5.41) is 9.35. The lowest BCUT2D eigenvalue weighted by molar-refractivity contribution is -0.145. The number of allylic oxidation sites excluding steroid dienone is 1. The van der Waals surface area contributed by atoms with Crippen LogP contribution < -0.4 is 0 Å². The molecule has 1 aromatic carbocycles. The third-order valence-corrected chi connectivity index (χ3v) is 3.74. The van der Waals surface area contributed by atoms with Crippen LogP contribution in [0.15, 0.2) is 61.1 Å². The highest BCUT2D eigenvalue weighted by molar-refractivity contribution is 6.04. The topological polar surface area (TPSA) is 79.7 Å². The van der Waals surface area contributed by atoms with Crippen molar-refractivity contribution in [2.24, 2.45) is 0 Å². The van der Waals surface area contributed by atoms with E-state index in [1.165, 1.54) is 19.4 Å². The van der Waals surface area contributed by atoms with Crippen molar-refractivity contribution in [3.63, 3.8) is 0 Å². The number of rotatable bonds is 7. The van der Waals surface area contributed by atoms with Gasteiger partial charge in [-0.15, -0.1) is 0 Å². The number of carbonyl (C=O) groups excluding carboxylic acids is 2. The molecule has 6 heteroatoms. The molecule has 0 saturated heterocycles. The lowest BCUT2D eigenvalue weighted by Crippen LogP contribution is -2.38. The number of hydrogen-bond acceptors (Lipinski definition) is 6. The molecule has 0 amide bonds. The third-order valence-electron chi connectivity index (χ3n) is 3.74. The largest absolute Gasteiger partial charge is 0.508 e. The average Bonchev–Trinajstić information content (AvgIpc) is 2.65. The average molecular weight is 340 g/mol. The molecule has 2 rings (SSSR count). The molecule has 130 valence electrons. The molecule has 2 aromatic rings. The Hall–Kier alpha value is -3.15. The van der Waals surface area contributed by atoms with Crippen molar-refractivity contribution in [3.05, 3.63) is 72.2 Å². The first kappa shape index (κ1) is 18.2. The Kier molecular flexibility index (Phi) is 6.28. The molecule has 0 aliphatic heterocycles. The lowest BCUT2D eigenvalue weighted by Gasteiger charge is -2.24. The van der Waals surface area contributed by atoms with Crippen LogP contribution >= 0.6 is 0 Å². The van der Waals surface area contributed by atoms with E-state index in [1.54, 1.807) is 60.7 Å². The van der Waals surface area contributed by atoms with Gasteiger partial charge in [-0.25, -0.2) is 4.79 Å². The van der Waals surface area contributed by atoms with E-state index in [9.17, 15) is 14.7 Å². The zero-order valence-electron chi connectivity index (χ0n) is 14.1. The van der Waals surface area contributed by atoms with Gasteiger partial charge in [-0.1, -0.05) is 12.1 Å². The second-order valence-corrected chi connectivity index (χ2v) is 5.50. The van der Waals surface area contributed by atoms with Crippen LogP contribution in [-0.4, -0.2) is 46.9 Å². The number of aromatic nitrogens is 1. The Bertz CT molecular complexity index is 742. The van der Waals surface area contributed by atoms with Gasteiger partial charge in [0, 0.05) is 43.7 Å². The zero-order valence-corrected chi connectivity index (χ0v) is 14.1. The maximum Gasteiger partial charge on any atom is 0.328 e. The van der Waals surface area contributed by atoms with E-state index in [0.717, 1.165) is 5.56 Å². The number of ketones is 1. The first-order valence-corrected chi connectivity index (χ1v) is 7.71. The Morgan fingerprint density at radius 2 is 2.00 bits per heavy atom. The zero-order chi connectivity index (χ0) is 18.2. The number of nitrogens with zero attached hydrogens (tertiary/aromatic N) is 2. The maximum absolute atomic E-state index is 12.1. The molecular formula is C19H20N2O4. The van der Waals surface area contributed by atoms with Gasteiger partial charge in [0.1, 0.15) is 11.8 Å². The van der Waals surface area contributed by atoms with E-state index in [-0.39, 0.29) is 11.5 Å². The minimum atomic E-state index is -0.590. The molecule has 1 atom stereocenters. The Labute approximate surface area is 146 Å². The fraction of sp³-hybridized carbons (Fsp3) is 0.211. The molecule has 1 N–H and O–H groups in total. The summed E-state index contributed by atoms with van der Waals surface area (Å²) < 4.78 is 4.86. The fourth-order valence-electron chi connectivity index (χ4n) is 2.28. The second-order valence-electron chi connectivity index (χ2n) is 5.50. The van der Waals surface area contributed by atoms with Crippen molar-refractivity contribution in [1.29, 1.82) is 0 Å². The highest BCUT2D eigenvalue weighted by Crippen LogP contribution is 2.14. The number of phenolic OH excluding ortho intramolecular Hbond substituents is 1. The van der Waals surface area contributed by atoms with Crippen LogP contribution in [0.1, 0.15) is 15.9 Å². The predicted molar refractivity (Wildman–Crippen MR) is 93.1 cm³/mol. The van der Waals surface area contributed by atoms with Gasteiger partial charge < -0.3 is 14.7 Å². The molecule has 1 heterocycles. The first-order valence-electron chi connectivity index (χ1n) is 7.71. The van der Waals surface area contributed by atoms with Crippen molar-refractivity contribution in [2.75, 3.05) is 14.2 Å². The number of hydrogen-bond donors (Lipinski definition) is 1. The van der Waals surface area contributed by atoms with Crippen molar-refractivity contribution >= 4 is 11.8 Å². The number of carbonyl (C=O) groups is 2. The number of benzene rings is 1.